The summed E-state index contributed by atoms with van der Waals surface area (Å²) in [6.45, 7) is 3.38. The van der Waals surface area contributed by atoms with Gasteiger partial charge in [-0.25, -0.2) is 13.1 Å². The Bertz CT molecular complexity index is 767. The maximum absolute atomic E-state index is 12.6. The zero-order valence-corrected chi connectivity index (χ0v) is 14.0. The van der Waals surface area contributed by atoms with Gasteiger partial charge in [0.2, 0.25) is 0 Å². The second-order valence-electron chi connectivity index (χ2n) is 5.58. The molecule has 1 saturated heterocycles. The Kier molecular flexibility index (Phi) is 4.51. The minimum absolute atomic E-state index is 0.145. The molecule has 8 nitrogen and oxygen atoms in total. The molecule has 0 saturated carbocycles. The van der Waals surface area contributed by atoms with Crippen molar-refractivity contribution < 1.29 is 13.2 Å². The summed E-state index contributed by atoms with van der Waals surface area (Å²) in [4.78, 5) is 0. The number of rotatable bonds is 5. The molecular weight excluding hydrogens is 318 g/mol. The van der Waals surface area contributed by atoms with Crippen molar-refractivity contribution in [2.75, 3.05) is 6.61 Å². The number of sulfonamides is 1. The van der Waals surface area contributed by atoms with Crippen LogP contribution in [0.2, 0.25) is 0 Å². The minimum Gasteiger partial charge on any atom is -0.372 e. The summed E-state index contributed by atoms with van der Waals surface area (Å²) >= 11 is 0. The normalized spacial score (nSPS) is 22.3. The van der Waals surface area contributed by atoms with Gasteiger partial charge >= 0.3 is 0 Å². The summed E-state index contributed by atoms with van der Waals surface area (Å²) in [7, 11) is -2.04. The standard InChI is InChI=1S/C14H21N5O3S/c1-3-19-10-11(9-16-19)14-12(5-4-8-22-14)17-23(20,21)13-6-7-15-18(13)2/h6-7,9-10,12,14,17H,3-5,8H2,1-2H3/t12-,14+/m0/s1. The van der Waals surface area contributed by atoms with Gasteiger partial charge in [0, 0.05) is 32.0 Å². The summed E-state index contributed by atoms with van der Waals surface area (Å²) in [5.41, 5.74) is 0.893. The lowest BCUT2D eigenvalue weighted by Gasteiger charge is -2.31. The van der Waals surface area contributed by atoms with E-state index in [0.29, 0.717) is 6.61 Å². The number of hydrogen-bond donors (Lipinski definition) is 1. The van der Waals surface area contributed by atoms with E-state index in [2.05, 4.69) is 14.9 Å². The second kappa shape index (κ2) is 6.42. The Balaban J connectivity index is 1.83. The maximum atomic E-state index is 12.6. The molecule has 23 heavy (non-hydrogen) atoms. The summed E-state index contributed by atoms with van der Waals surface area (Å²) in [5.74, 6) is 0. The molecule has 1 N–H and O–H groups in total. The highest BCUT2D eigenvalue weighted by Crippen LogP contribution is 2.29. The molecule has 0 aliphatic carbocycles. The van der Waals surface area contributed by atoms with Gasteiger partial charge in [0.15, 0.2) is 5.03 Å². The van der Waals surface area contributed by atoms with Gasteiger partial charge in [0.25, 0.3) is 10.0 Å². The van der Waals surface area contributed by atoms with Crippen molar-refractivity contribution in [3.63, 3.8) is 0 Å². The smallest absolute Gasteiger partial charge is 0.258 e. The molecule has 2 aromatic heterocycles. The topological polar surface area (TPSA) is 91.0 Å². The molecule has 126 valence electrons. The van der Waals surface area contributed by atoms with E-state index in [-0.39, 0.29) is 17.2 Å². The van der Waals surface area contributed by atoms with Crippen LogP contribution < -0.4 is 4.72 Å². The van der Waals surface area contributed by atoms with Gasteiger partial charge in [0.05, 0.1) is 18.4 Å². The van der Waals surface area contributed by atoms with Crippen LogP contribution in [0.25, 0.3) is 0 Å². The van der Waals surface area contributed by atoms with E-state index >= 15 is 0 Å². The van der Waals surface area contributed by atoms with Gasteiger partial charge in [-0.2, -0.15) is 10.2 Å². The summed E-state index contributed by atoms with van der Waals surface area (Å²) in [6.07, 6.45) is 6.32. The summed E-state index contributed by atoms with van der Waals surface area (Å²) in [6, 6.07) is 1.16. The molecule has 0 amide bonds. The van der Waals surface area contributed by atoms with E-state index in [0.717, 1.165) is 24.9 Å². The van der Waals surface area contributed by atoms with Crippen molar-refractivity contribution in [2.24, 2.45) is 7.05 Å². The van der Waals surface area contributed by atoms with Crippen molar-refractivity contribution in [3.8, 4) is 0 Å². The number of aromatic nitrogens is 4. The van der Waals surface area contributed by atoms with Crippen molar-refractivity contribution in [1.82, 2.24) is 24.3 Å². The molecule has 0 bridgehead atoms. The summed E-state index contributed by atoms with van der Waals surface area (Å²) < 4.78 is 36.9. The molecule has 1 aliphatic heterocycles. The van der Waals surface area contributed by atoms with Crippen LogP contribution in [0.1, 0.15) is 31.4 Å². The molecule has 0 aromatic carbocycles. The molecule has 0 radical (unpaired) electrons. The lowest BCUT2D eigenvalue weighted by Crippen LogP contribution is -2.43. The summed E-state index contributed by atoms with van der Waals surface area (Å²) in [5, 5.41) is 8.32. The SMILES string of the molecule is CCn1cc([C@H]2OCCC[C@@H]2NS(=O)(=O)c2ccnn2C)cn1. The fourth-order valence-electron chi connectivity index (χ4n) is 2.81. The first-order valence-electron chi connectivity index (χ1n) is 7.65. The molecule has 3 rings (SSSR count). The lowest BCUT2D eigenvalue weighted by atomic mass is 9.99. The Morgan fingerprint density at radius 3 is 2.91 bits per heavy atom. The predicted molar refractivity (Wildman–Crippen MR) is 83.1 cm³/mol. The highest BCUT2D eigenvalue weighted by Gasteiger charge is 2.33. The minimum atomic E-state index is -3.64. The van der Waals surface area contributed by atoms with Crippen molar-refractivity contribution in [2.45, 2.75) is 43.5 Å². The van der Waals surface area contributed by atoms with Crippen LogP contribution >= 0.6 is 0 Å². The number of hydrogen-bond acceptors (Lipinski definition) is 5. The van der Waals surface area contributed by atoms with Gasteiger partial charge in [-0.15, -0.1) is 0 Å². The Hall–Kier alpha value is -1.71. The maximum Gasteiger partial charge on any atom is 0.258 e. The average molecular weight is 339 g/mol. The lowest BCUT2D eigenvalue weighted by molar-refractivity contribution is -0.00450. The van der Waals surface area contributed by atoms with E-state index in [1.807, 2.05) is 13.1 Å². The molecule has 3 heterocycles. The third kappa shape index (κ3) is 3.31. The van der Waals surface area contributed by atoms with Gasteiger partial charge in [-0.05, 0) is 25.8 Å². The van der Waals surface area contributed by atoms with Crippen LogP contribution in [0.4, 0.5) is 0 Å². The quantitative estimate of drug-likeness (QED) is 0.871. The fraction of sp³-hybridized carbons (Fsp3) is 0.571. The number of aryl methyl sites for hydroxylation is 2. The van der Waals surface area contributed by atoms with Crippen molar-refractivity contribution in [3.05, 3.63) is 30.2 Å². The molecule has 0 unspecified atom stereocenters. The number of ether oxygens (including phenoxy) is 1. The fourth-order valence-corrected chi connectivity index (χ4v) is 4.21. The van der Waals surface area contributed by atoms with E-state index in [9.17, 15) is 8.42 Å². The zero-order valence-electron chi connectivity index (χ0n) is 13.2. The molecule has 1 fully saturated rings. The number of nitrogens with one attached hydrogen (secondary N) is 1. The molecule has 1 aliphatic rings. The van der Waals surface area contributed by atoms with Gasteiger partial charge in [-0.3, -0.25) is 9.36 Å². The van der Waals surface area contributed by atoms with Gasteiger partial charge < -0.3 is 4.74 Å². The Morgan fingerprint density at radius 1 is 1.43 bits per heavy atom. The molecular formula is C14H21N5O3S. The Labute approximate surface area is 135 Å². The highest BCUT2D eigenvalue weighted by molar-refractivity contribution is 7.89. The molecule has 0 spiro atoms. The third-order valence-electron chi connectivity index (χ3n) is 3.99. The molecule has 9 heteroatoms. The molecule has 2 atom stereocenters. The third-order valence-corrected chi connectivity index (χ3v) is 5.55. The van der Waals surface area contributed by atoms with Crippen LogP contribution in [0, 0.1) is 0 Å². The predicted octanol–water partition coefficient (Wildman–Crippen LogP) is 0.835. The van der Waals surface area contributed by atoms with Gasteiger partial charge in [0.1, 0.15) is 6.10 Å². The van der Waals surface area contributed by atoms with E-state index in [1.54, 1.807) is 17.9 Å². The van der Waals surface area contributed by atoms with E-state index < -0.39 is 10.0 Å². The van der Waals surface area contributed by atoms with Crippen LogP contribution in [0.3, 0.4) is 0 Å². The highest BCUT2D eigenvalue weighted by atomic mass is 32.2. The zero-order chi connectivity index (χ0) is 16.4. The van der Waals surface area contributed by atoms with Crippen molar-refractivity contribution in [1.29, 1.82) is 0 Å². The van der Waals surface area contributed by atoms with Crippen LogP contribution in [0.15, 0.2) is 29.7 Å². The van der Waals surface area contributed by atoms with E-state index in [4.69, 9.17) is 4.74 Å². The van der Waals surface area contributed by atoms with Crippen LogP contribution in [-0.2, 0) is 28.4 Å². The van der Waals surface area contributed by atoms with Crippen molar-refractivity contribution >= 4 is 10.0 Å². The van der Waals surface area contributed by atoms with Gasteiger partial charge in [-0.1, -0.05) is 0 Å². The Morgan fingerprint density at radius 2 is 2.26 bits per heavy atom. The first-order valence-corrected chi connectivity index (χ1v) is 9.14. The number of nitrogens with zero attached hydrogens (tertiary/aromatic N) is 4. The monoisotopic (exact) mass is 339 g/mol. The van der Waals surface area contributed by atoms with Crippen LogP contribution in [-0.4, -0.2) is 40.6 Å². The average Bonchev–Trinajstić information content (AvgIpc) is 3.16. The molecule has 2 aromatic rings. The first-order chi connectivity index (χ1) is 11.0. The van der Waals surface area contributed by atoms with E-state index in [1.165, 1.54) is 16.9 Å². The van der Waals surface area contributed by atoms with Crippen LogP contribution in [0.5, 0.6) is 0 Å². The largest absolute Gasteiger partial charge is 0.372 e. The second-order valence-corrected chi connectivity index (χ2v) is 7.24. The first kappa shape index (κ1) is 16.2.